The highest BCUT2D eigenvalue weighted by Gasteiger charge is 2.19. The number of carbonyl (C=O) groups excluding carboxylic acids is 2. The molecule has 30 heavy (non-hydrogen) atoms. The number of methoxy groups -OCH3 is 1. The molecular formula is C19H21FN4O6. The van der Waals surface area contributed by atoms with E-state index < -0.39 is 28.7 Å². The second-order valence-corrected chi connectivity index (χ2v) is 6.07. The number of hydrazine groups is 1. The molecule has 0 radical (unpaired) electrons. The van der Waals surface area contributed by atoms with E-state index in [0.717, 1.165) is 6.07 Å². The number of ether oxygens (including phenoxy) is 2. The number of carbonyl (C=O) groups is 2. The normalized spacial score (nSPS) is 11.3. The standard InChI is InChI=1S/C19H21FN4O6/c1-12(30-15-6-4-14(20)5-7-15)18(25)22-23-19(26)13-3-8-16(21-9-10-29-2)17(11-13)24(27)28/h3-8,11-12,21H,9-10H2,1-2H3,(H,22,25)(H,23,26). The summed E-state index contributed by atoms with van der Waals surface area (Å²) in [5.74, 6) is -1.58. The topological polar surface area (TPSA) is 132 Å². The molecule has 2 aromatic carbocycles. The highest BCUT2D eigenvalue weighted by molar-refractivity contribution is 5.97. The second-order valence-electron chi connectivity index (χ2n) is 6.07. The van der Waals surface area contributed by atoms with E-state index in [9.17, 15) is 24.1 Å². The molecule has 2 aromatic rings. The molecule has 0 heterocycles. The van der Waals surface area contributed by atoms with Crippen LogP contribution in [0.5, 0.6) is 5.75 Å². The third kappa shape index (κ3) is 6.41. The summed E-state index contributed by atoms with van der Waals surface area (Å²) in [5, 5.41) is 14.1. The van der Waals surface area contributed by atoms with Gasteiger partial charge in [-0.3, -0.25) is 30.6 Å². The van der Waals surface area contributed by atoms with E-state index in [0.29, 0.717) is 13.2 Å². The Labute approximate surface area is 171 Å². The predicted molar refractivity (Wildman–Crippen MR) is 106 cm³/mol. The summed E-state index contributed by atoms with van der Waals surface area (Å²) in [6, 6.07) is 8.95. The van der Waals surface area contributed by atoms with Gasteiger partial charge in [-0.1, -0.05) is 0 Å². The molecule has 2 amide bonds. The summed E-state index contributed by atoms with van der Waals surface area (Å²) in [6.45, 7) is 2.14. The van der Waals surface area contributed by atoms with Crippen LogP contribution in [0.25, 0.3) is 0 Å². The molecule has 0 spiro atoms. The Morgan fingerprint density at radius 3 is 2.50 bits per heavy atom. The molecular weight excluding hydrogens is 399 g/mol. The number of amides is 2. The quantitative estimate of drug-likeness (QED) is 0.321. The molecule has 1 atom stereocenters. The summed E-state index contributed by atoms with van der Waals surface area (Å²) >= 11 is 0. The van der Waals surface area contributed by atoms with Gasteiger partial charge in [0.05, 0.1) is 11.5 Å². The molecule has 10 nitrogen and oxygen atoms in total. The van der Waals surface area contributed by atoms with Crippen LogP contribution in [0, 0.1) is 15.9 Å². The first-order valence-corrected chi connectivity index (χ1v) is 8.85. The van der Waals surface area contributed by atoms with Gasteiger partial charge in [0.15, 0.2) is 6.10 Å². The highest BCUT2D eigenvalue weighted by Crippen LogP contribution is 2.25. The Hall–Kier alpha value is -3.73. The minimum Gasteiger partial charge on any atom is -0.481 e. The van der Waals surface area contributed by atoms with Gasteiger partial charge in [0.2, 0.25) is 0 Å². The minimum atomic E-state index is -0.988. The first-order chi connectivity index (χ1) is 14.3. The molecule has 11 heteroatoms. The Kier molecular flexibility index (Phi) is 8.06. The lowest BCUT2D eigenvalue weighted by molar-refractivity contribution is -0.384. The van der Waals surface area contributed by atoms with Crippen LogP contribution in [-0.2, 0) is 9.53 Å². The van der Waals surface area contributed by atoms with E-state index in [-0.39, 0.29) is 22.7 Å². The zero-order valence-corrected chi connectivity index (χ0v) is 16.3. The van der Waals surface area contributed by atoms with Crippen molar-refractivity contribution in [2.24, 2.45) is 0 Å². The van der Waals surface area contributed by atoms with Crippen LogP contribution >= 0.6 is 0 Å². The van der Waals surface area contributed by atoms with Crippen LogP contribution in [0.3, 0.4) is 0 Å². The average molecular weight is 420 g/mol. The SMILES string of the molecule is COCCNc1ccc(C(=O)NNC(=O)C(C)Oc2ccc(F)cc2)cc1[N+](=O)[O-]. The minimum absolute atomic E-state index is 0.0219. The van der Waals surface area contributed by atoms with Gasteiger partial charge in [0.1, 0.15) is 17.3 Å². The lowest BCUT2D eigenvalue weighted by Gasteiger charge is -2.15. The number of hydrogen-bond donors (Lipinski definition) is 3. The van der Waals surface area contributed by atoms with Crippen molar-refractivity contribution in [1.82, 2.24) is 10.9 Å². The largest absolute Gasteiger partial charge is 0.481 e. The fraction of sp³-hybridized carbons (Fsp3) is 0.263. The zero-order valence-electron chi connectivity index (χ0n) is 16.3. The van der Waals surface area contributed by atoms with Crippen molar-refractivity contribution < 1.29 is 28.4 Å². The maximum Gasteiger partial charge on any atom is 0.293 e. The van der Waals surface area contributed by atoms with Crippen molar-refractivity contribution in [2.45, 2.75) is 13.0 Å². The van der Waals surface area contributed by atoms with E-state index in [1.165, 1.54) is 50.4 Å². The molecule has 0 aliphatic rings. The monoisotopic (exact) mass is 420 g/mol. The Morgan fingerprint density at radius 1 is 1.17 bits per heavy atom. The molecule has 0 fully saturated rings. The number of nitro groups is 1. The molecule has 0 aliphatic carbocycles. The third-order valence-electron chi connectivity index (χ3n) is 3.87. The number of halogens is 1. The Bertz CT molecular complexity index is 906. The van der Waals surface area contributed by atoms with Crippen molar-refractivity contribution >= 4 is 23.2 Å². The van der Waals surface area contributed by atoms with E-state index in [2.05, 4.69) is 16.2 Å². The van der Waals surface area contributed by atoms with Crippen LogP contribution in [0.2, 0.25) is 0 Å². The Balaban J connectivity index is 1.96. The van der Waals surface area contributed by atoms with Crippen molar-refractivity contribution in [3.05, 3.63) is 64.0 Å². The van der Waals surface area contributed by atoms with Gasteiger partial charge < -0.3 is 14.8 Å². The van der Waals surface area contributed by atoms with Crippen LogP contribution < -0.4 is 20.9 Å². The van der Waals surface area contributed by atoms with Gasteiger partial charge in [0.25, 0.3) is 17.5 Å². The lowest BCUT2D eigenvalue weighted by atomic mass is 10.1. The van der Waals surface area contributed by atoms with E-state index >= 15 is 0 Å². The number of nitrogens with zero attached hydrogens (tertiary/aromatic N) is 1. The highest BCUT2D eigenvalue weighted by atomic mass is 19.1. The third-order valence-corrected chi connectivity index (χ3v) is 3.87. The van der Waals surface area contributed by atoms with Gasteiger partial charge in [0, 0.05) is 25.3 Å². The van der Waals surface area contributed by atoms with Crippen molar-refractivity contribution in [2.75, 3.05) is 25.6 Å². The molecule has 2 rings (SSSR count). The number of hydrogen-bond acceptors (Lipinski definition) is 7. The van der Waals surface area contributed by atoms with Crippen molar-refractivity contribution in [3.8, 4) is 5.75 Å². The summed E-state index contributed by atoms with van der Waals surface area (Å²) in [6.07, 6.45) is -0.988. The molecule has 1 unspecified atom stereocenters. The van der Waals surface area contributed by atoms with Gasteiger partial charge >= 0.3 is 0 Å². The summed E-state index contributed by atoms with van der Waals surface area (Å²) in [7, 11) is 1.50. The molecule has 0 aromatic heterocycles. The number of rotatable bonds is 9. The number of benzene rings is 2. The second kappa shape index (κ2) is 10.7. The molecule has 160 valence electrons. The lowest BCUT2D eigenvalue weighted by Crippen LogP contribution is -2.47. The summed E-state index contributed by atoms with van der Waals surface area (Å²) < 4.78 is 23.1. The zero-order chi connectivity index (χ0) is 22.1. The fourth-order valence-electron chi connectivity index (χ4n) is 2.32. The van der Waals surface area contributed by atoms with Crippen molar-refractivity contribution in [3.63, 3.8) is 0 Å². The first kappa shape index (κ1) is 22.6. The average Bonchev–Trinajstić information content (AvgIpc) is 2.73. The van der Waals surface area contributed by atoms with E-state index in [4.69, 9.17) is 9.47 Å². The smallest absolute Gasteiger partial charge is 0.293 e. The van der Waals surface area contributed by atoms with Crippen LogP contribution in [0.15, 0.2) is 42.5 Å². The summed E-state index contributed by atoms with van der Waals surface area (Å²) in [4.78, 5) is 35.0. The molecule has 0 saturated carbocycles. The van der Waals surface area contributed by atoms with Gasteiger partial charge in [-0.25, -0.2) is 4.39 Å². The van der Waals surface area contributed by atoms with Crippen molar-refractivity contribution in [1.29, 1.82) is 0 Å². The van der Waals surface area contributed by atoms with Gasteiger partial charge in [-0.2, -0.15) is 0 Å². The number of anilines is 1. The molecule has 0 saturated heterocycles. The molecule has 0 aliphatic heterocycles. The molecule has 3 N–H and O–H groups in total. The van der Waals surface area contributed by atoms with Crippen LogP contribution in [0.1, 0.15) is 17.3 Å². The molecule has 0 bridgehead atoms. The first-order valence-electron chi connectivity index (χ1n) is 8.85. The predicted octanol–water partition coefficient (Wildman–Crippen LogP) is 2.02. The van der Waals surface area contributed by atoms with Crippen LogP contribution in [0.4, 0.5) is 15.8 Å². The Morgan fingerprint density at radius 2 is 1.87 bits per heavy atom. The van der Waals surface area contributed by atoms with E-state index in [1.807, 2.05) is 0 Å². The maximum absolute atomic E-state index is 12.9. The van der Waals surface area contributed by atoms with Crippen LogP contribution in [-0.4, -0.2) is 43.1 Å². The van der Waals surface area contributed by atoms with Gasteiger partial charge in [-0.15, -0.1) is 0 Å². The maximum atomic E-state index is 12.9. The summed E-state index contributed by atoms with van der Waals surface area (Å²) in [5.41, 5.74) is 4.27. The fourth-order valence-corrected chi connectivity index (χ4v) is 2.32. The number of nitro benzene ring substituents is 1. The van der Waals surface area contributed by atoms with Gasteiger partial charge in [-0.05, 0) is 43.3 Å². The van der Waals surface area contributed by atoms with E-state index in [1.54, 1.807) is 0 Å². The number of nitrogens with one attached hydrogen (secondary N) is 3.